The van der Waals surface area contributed by atoms with E-state index in [0.29, 0.717) is 13.1 Å². The standard InChI is InChI=1S/C12H16N4O2/c1-9-7-16(14-13)12(18)11(17)15(9)8-10-5-3-2-4-6-10/h2-6,9,14H,7-8,13H2,1H3. The Morgan fingerprint density at radius 2 is 1.94 bits per heavy atom. The Morgan fingerprint density at radius 3 is 2.56 bits per heavy atom. The summed E-state index contributed by atoms with van der Waals surface area (Å²) in [7, 11) is 0. The van der Waals surface area contributed by atoms with Crippen LogP contribution in [0.2, 0.25) is 0 Å². The molecule has 0 aromatic heterocycles. The smallest absolute Gasteiger partial charge is 0.326 e. The van der Waals surface area contributed by atoms with E-state index in [1.807, 2.05) is 37.3 Å². The van der Waals surface area contributed by atoms with Crippen LogP contribution in [0, 0.1) is 0 Å². The van der Waals surface area contributed by atoms with Crippen LogP contribution in [-0.4, -0.2) is 34.3 Å². The first-order valence-electron chi connectivity index (χ1n) is 5.76. The van der Waals surface area contributed by atoms with E-state index in [-0.39, 0.29) is 6.04 Å². The second-order valence-corrected chi connectivity index (χ2v) is 4.31. The minimum Gasteiger partial charge on any atom is -0.326 e. The van der Waals surface area contributed by atoms with Gasteiger partial charge in [-0.15, -0.1) is 0 Å². The zero-order chi connectivity index (χ0) is 13.1. The van der Waals surface area contributed by atoms with Crippen LogP contribution >= 0.6 is 0 Å². The van der Waals surface area contributed by atoms with Crippen molar-refractivity contribution >= 4 is 11.8 Å². The van der Waals surface area contributed by atoms with E-state index >= 15 is 0 Å². The number of carbonyl (C=O) groups excluding carboxylic acids is 2. The van der Waals surface area contributed by atoms with Crippen molar-refractivity contribution in [2.24, 2.45) is 5.84 Å². The second-order valence-electron chi connectivity index (χ2n) is 4.31. The van der Waals surface area contributed by atoms with Crippen LogP contribution in [0.3, 0.4) is 0 Å². The lowest BCUT2D eigenvalue weighted by atomic mass is 10.1. The number of nitrogens with one attached hydrogen (secondary N) is 1. The molecule has 1 aromatic rings. The number of piperazine rings is 1. The highest BCUT2D eigenvalue weighted by Crippen LogP contribution is 2.14. The fourth-order valence-corrected chi connectivity index (χ4v) is 2.00. The largest absolute Gasteiger partial charge is 0.327 e. The van der Waals surface area contributed by atoms with Gasteiger partial charge < -0.3 is 4.90 Å². The van der Waals surface area contributed by atoms with Crippen molar-refractivity contribution in [3.63, 3.8) is 0 Å². The van der Waals surface area contributed by atoms with Gasteiger partial charge in [-0.1, -0.05) is 30.3 Å². The molecular weight excluding hydrogens is 232 g/mol. The Kier molecular flexibility index (Phi) is 3.59. The van der Waals surface area contributed by atoms with Crippen molar-refractivity contribution in [3.8, 4) is 0 Å². The van der Waals surface area contributed by atoms with E-state index in [2.05, 4.69) is 5.53 Å². The van der Waals surface area contributed by atoms with Gasteiger partial charge in [-0.3, -0.25) is 20.4 Å². The molecule has 3 N–H and O–H groups in total. The molecular formula is C12H16N4O2. The van der Waals surface area contributed by atoms with E-state index in [4.69, 9.17) is 5.84 Å². The lowest BCUT2D eigenvalue weighted by Gasteiger charge is -2.38. The predicted molar refractivity (Wildman–Crippen MR) is 65.5 cm³/mol. The molecule has 0 bridgehead atoms. The third-order valence-corrected chi connectivity index (χ3v) is 3.02. The zero-order valence-corrected chi connectivity index (χ0v) is 10.2. The molecule has 1 aromatic carbocycles. The number of hydrogen-bond acceptors (Lipinski definition) is 4. The first-order valence-corrected chi connectivity index (χ1v) is 5.76. The lowest BCUT2D eigenvalue weighted by molar-refractivity contribution is -0.161. The maximum absolute atomic E-state index is 11.9. The van der Waals surface area contributed by atoms with Crippen LogP contribution in [0.1, 0.15) is 12.5 Å². The van der Waals surface area contributed by atoms with Crippen molar-refractivity contribution in [2.75, 3.05) is 6.54 Å². The van der Waals surface area contributed by atoms with Crippen molar-refractivity contribution < 1.29 is 9.59 Å². The SMILES string of the molecule is CC1CN(NN)C(=O)C(=O)N1Cc1ccccc1. The summed E-state index contributed by atoms with van der Waals surface area (Å²) in [4.78, 5) is 25.2. The summed E-state index contributed by atoms with van der Waals surface area (Å²) in [6.07, 6.45) is 0. The molecule has 6 heteroatoms. The number of nitrogens with zero attached hydrogens (tertiary/aromatic N) is 2. The van der Waals surface area contributed by atoms with Crippen LogP contribution in [0.4, 0.5) is 0 Å². The maximum atomic E-state index is 11.9. The molecule has 1 aliphatic heterocycles. The number of benzene rings is 1. The van der Waals surface area contributed by atoms with Crippen LogP contribution in [0.15, 0.2) is 30.3 Å². The van der Waals surface area contributed by atoms with Crippen molar-refractivity contribution in [1.29, 1.82) is 0 Å². The van der Waals surface area contributed by atoms with Gasteiger partial charge in [0.25, 0.3) is 0 Å². The summed E-state index contributed by atoms with van der Waals surface area (Å²) in [6.45, 7) is 2.70. The highest BCUT2D eigenvalue weighted by Gasteiger charge is 2.36. The molecule has 6 nitrogen and oxygen atoms in total. The zero-order valence-electron chi connectivity index (χ0n) is 10.2. The predicted octanol–water partition coefficient (Wildman–Crippen LogP) is -0.376. The van der Waals surface area contributed by atoms with Crippen LogP contribution in [0.25, 0.3) is 0 Å². The van der Waals surface area contributed by atoms with Crippen molar-refractivity contribution in [2.45, 2.75) is 19.5 Å². The average molecular weight is 248 g/mol. The summed E-state index contributed by atoms with van der Waals surface area (Å²) in [5, 5.41) is 1.13. The molecule has 0 radical (unpaired) electrons. The number of amides is 2. The van der Waals surface area contributed by atoms with Gasteiger partial charge in [-0.05, 0) is 12.5 Å². The van der Waals surface area contributed by atoms with E-state index in [1.54, 1.807) is 4.90 Å². The van der Waals surface area contributed by atoms with Gasteiger partial charge in [-0.2, -0.15) is 5.53 Å². The first kappa shape index (κ1) is 12.5. The molecule has 1 unspecified atom stereocenters. The van der Waals surface area contributed by atoms with Crippen LogP contribution in [-0.2, 0) is 16.1 Å². The minimum atomic E-state index is -0.619. The van der Waals surface area contributed by atoms with Gasteiger partial charge in [0.15, 0.2) is 0 Å². The van der Waals surface area contributed by atoms with Crippen molar-refractivity contribution in [3.05, 3.63) is 35.9 Å². The Balaban J connectivity index is 2.14. The Morgan fingerprint density at radius 1 is 1.28 bits per heavy atom. The highest BCUT2D eigenvalue weighted by molar-refractivity contribution is 6.35. The van der Waals surface area contributed by atoms with E-state index < -0.39 is 11.8 Å². The molecule has 0 spiro atoms. The van der Waals surface area contributed by atoms with E-state index in [0.717, 1.165) is 10.6 Å². The number of hydrogen-bond donors (Lipinski definition) is 2. The summed E-state index contributed by atoms with van der Waals surface area (Å²) < 4.78 is 0. The van der Waals surface area contributed by atoms with Crippen LogP contribution in [0.5, 0.6) is 0 Å². The van der Waals surface area contributed by atoms with E-state index in [9.17, 15) is 9.59 Å². The topological polar surface area (TPSA) is 78.7 Å². The van der Waals surface area contributed by atoms with Gasteiger partial charge in [0.2, 0.25) is 0 Å². The molecule has 96 valence electrons. The summed E-state index contributed by atoms with van der Waals surface area (Å²) in [5.74, 6) is 4.05. The molecule has 1 aliphatic rings. The van der Waals surface area contributed by atoms with E-state index in [1.165, 1.54) is 0 Å². The average Bonchev–Trinajstić information content (AvgIpc) is 2.40. The molecule has 0 aliphatic carbocycles. The van der Waals surface area contributed by atoms with Gasteiger partial charge in [0.1, 0.15) is 0 Å². The summed E-state index contributed by atoms with van der Waals surface area (Å²) in [6, 6.07) is 9.51. The first-order chi connectivity index (χ1) is 8.63. The molecule has 2 rings (SSSR count). The molecule has 0 saturated carbocycles. The molecule has 1 saturated heterocycles. The highest BCUT2D eigenvalue weighted by atomic mass is 16.2. The summed E-state index contributed by atoms with van der Waals surface area (Å²) >= 11 is 0. The van der Waals surface area contributed by atoms with Gasteiger partial charge in [0, 0.05) is 12.6 Å². The number of rotatable bonds is 3. The van der Waals surface area contributed by atoms with Crippen molar-refractivity contribution in [1.82, 2.24) is 15.4 Å². The third-order valence-electron chi connectivity index (χ3n) is 3.02. The normalized spacial score (nSPS) is 20.4. The number of hydrazine groups is 2. The lowest BCUT2D eigenvalue weighted by Crippen LogP contribution is -2.63. The molecule has 2 amide bonds. The van der Waals surface area contributed by atoms with Gasteiger partial charge >= 0.3 is 11.8 Å². The van der Waals surface area contributed by atoms with Crippen LogP contribution < -0.4 is 11.4 Å². The Labute approximate surface area is 105 Å². The second kappa shape index (κ2) is 5.16. The fourth-order valence-electron chi connectivity index (χ4n) is 2.00. The Hall–Kier alpha value is -1.92. The summed E-state index contributed by atoms with van der Waals surface area (Å²) in [5.41, 5.74) is 3.23. The van der Waals surface area contributed by atoms with Gasteiger partial charge in [-0.25, -0.2) is 0 Å². The Bertz CT molecular complexity index is 449. The third kappa shape index (κ3) is 2.34. The molecule has 1 atom stereocenters. The monoisotopic (exact) mass is 248 g/mol. The quantitative estimate of drug-likeness (QED) is 0.434. The fraction of sp³-hybridized carbons (Fsp3) is 0.333. The molecule has 1 heterocycles. The number of nitrogens with two attached hydrogens (primary N) is 1. The molecule has 18 heavy (non-hydrogen) atoms. The molecule has 1 fully saturated rings. The van der Waals surface area contributed by atoms with Gasteiger partial charge in [0.05, 0.1) is 6.54 Å². The number of carbonyl (C=O) groups is 2. The minimum absolute atomic E-state index is 0.0774. The maximum Gasteiger partial charge on any atom is 0.327 e.